The first-order chi connectivity index (χ1) is 13.5. The summed E-state index contributed by atoms with van der Waals surface area (Å²) in [6.45, 7) is -0.108. The predicted octanol–water partition coefficient (Wildman–Crippen LogP) is 2.82. The third-order valence-corrected chi connectivity index (χ3v) is 5.29. The van der Waals surface area contributed by atoms with Gasteiger partial charge in [0.2, 0.25) is 0 Å². The molecule has 1 aromatic carbocycles. The summed E-state index contributed by atoms with van der Waals surface area (Å²) in [5.41, 5.74) is 8.04. The molecule has 0 spiro atoms. The van der Waals surface area contributed by atoms with Crippen molar-refractivity contribution in [1.82, 2.24) is 20.0 Å². The fourth-order valence-corrected chi connectivity index (χ4v) is 4.00. The van der Waals surface area contributed by atoms with Crippen molar-refractivity contribution < 1.29 is 14.6 Å². The van der Waals surface area contributed by atoms with Crippen LogP contribution in [-0.2, 0) is 11.3 Å². The standard InChI is InChI=1S/C20H19N5O3/c1-24-19-11(8-22-24)7-21-20-14(19)6-16(23-20)15-9-25(10-18(26)27)17-4-3-12(28-2)5-13(15)17/h3-9,19,22-23H,10H2,1-2H3,(H,26,27). The number of carboxylic acid groups (broad SMARTS) is 1. The molecule has 3 aromatic rings. The van der Waals surface area contributed by atoms with E-state index in [4.69, 9.17) is 4.74 Å². The largest absolute Gasteiger partial charge is 0.497 e. The lowest BCUT2D eigenvalue weighted by atomic mass is 10.00. The van der Waals surface area contributed by atoms with Gasteiger partial charge in [0.15, 0.2) is 0 Å². The summed E-state index contributed by atoms with van der Waals surface area (Å²) >= 11 is 0. The van der Waals surface area contributed by atoms with Gasteiger partial charge in [0.05, 0.1) is 13.2 Å². The third-order valence-electron chi connectivity index (χ3n) is 5.29. The predicted molar refractivity (Wildman–Crippen MR) is 106 cm³/mol. The number of likely N-dealkylation sites (N-methyl/N-ethyl adjacent to an activating group) is 1. The summed E-state index contributed by atoms with van der Waals surface area (Å²) in [4.78, 5) is 19.3. The number of nitrogens with zero attached hydrogens (tertiary/aromatic N) is 3. The van der Waals surface area contributed by atoms with E-state index in [1.54, 1.807) is 11.7 Å². The van der Waals surface area contributed by atoms with Crippen LogP contribution >= 0.6 is 0 Å². The number of aromatic amines is 1. The molecule has 0 saturated heterocycles. The second-order valence-corrected chi connectivity index (χ2v) is 6.98. The van der Waals surface area contributed by atoms with E-state index < -0.39 is 5.97 Å². The van der Waals surface area contributed by atoms with Gasteiger partial charge in [-0.3, -0.25) is 4.79 Å². The van der Waals surface area contributed by atoms with E-state index in [0.29, 0.717) is 0 Å². The molecule has 2 aliphatic heterocycles. The first kappa shape index (κ1) is 16.6. The molecule has 3 N–H and O–H groups in total. The van der Waals surface area contributed by atoms with Gasteiger partial charge >= 0.3 is 5.97 Å². The van der Waals surface area contributed by atoms with Crippen LogP contribution in [0.4, 0.5) is 5.82 Å². The van der Waals surface area contributed by atoms with Gasteiger partial charge in [0, 0.05) is 59.0 Å². The number of carboxylic acids is 1. The number of fused-ring (bicyclic) bond motifs is 4. The van der Waals surface area contributed by atoms with Crippen molar-refractivity contribution in [3.05, 3.63) is 47.8 Å². The number of rotatable bonds is 4. The highest BCUT2D eigenvalue weighted by molar-refractivity contribution is 5.98. The van der Waals surface area contributed by atoms with Crippen LogP contribution < -0.4 is 10.2 Å². The lowest BCUT2D eigenvalue weighted by Crippen LogP contribution is -2.29. The number of H-pyrrole nitrogens is 1. The SMILES string of the molecule is COc1ccc2c(c1)c(-c1cc3c([nH]1)N=CC1=CNN(C)C13)cn2CC(=O)O. The Kier molecular flexibility index (Phi) is 3.56. The molecule has 28 heavy (non-hydrogen) atoms. The van der Waals surface area contributed by atoms with Crippen molar-refractivity contribution in [3.63, 3.8) is 0 Å². The van der Waals surface area contributed by atoms with E-state index in [0.717, 1.165) is 44.9 Å². The topological polar surface area (TPSA) is 94.9 Å². The second kappa shape index (κ2) is 6.00. The summed E-state index contributed by atoms with van der Waals surface area (Å²) in [7, 11) is 3.61. The number of ether oxygens (including phenoxy) is 1. The fraction of sp³-hybridized carbons (Fsp3) is 0.200. The Morgan fingerprint density at radius 3 is 3.00 bits per heavy atom. The maximum absolute atomic E-state index is 11.3. The minimum Gasteiger partial charge on any atom is -0.497 e. The molecule has 2 aromatic heterocycles. The molecule has 0 fully saturated rings. The number of benzene rings is 1. The molecule has 0 aliphatic carbocycles. The van der Waals surface area contributed by atoms with Crippen molar-refractivity contribution in [1.29, 1.82) is 0 Å². The number of carbonyl (C=O) groups is 1. The Balaban J connectivity index is 1.68. The number of hydrazine groups is 1. The van der Waals surface area contributed by atoms with Crippen LogP contribution in [0.15, 0.2) is 47.2 Å². The maximum atomic E-state index is 11.3. The van der Waals surface area contributed by atoms with Crippen LogP contribution in [0.5, 0.6) is 5.75 Å². The molecule has 8 heteroatoms. The Bertz CT molecular complexity index is 1170. The molecule has 0 amide bonds. The molecule has 1 atom stereocenters. The summed E-state index contributed by atoms with van der Waals surface area (Å²) in [6, 6.07) is 7.84. The lowest BCUT2D eigenvalue weighted by Gasteiger charge is -2.23. The van der Waals surface area contributed by atoms with Gasteiger partial charge in [0.1, 0.15) is 18.1 Å². The number of aliphatic carboxylic acids is 1. The summed E-state index contributed by atoms with van der Waals surface area (Å²) < 4.78 is 7.11. The Labute approximate surface area is 160 Å². The van der Waals surface area contributed by atoms with Gasteiger partial charge in [-0.2, -0.15) is 0 Å². The van der Waals surface area contributed by atoms with E-state index in [-0.39, 0.29) is 12.6 Å². The quantitative estimate of drug-likeness (QED) is 0.650. The van der Waals surface area contributed by atoms with E-state index in [1.807, 2.05) is 48.9 Å². The molecular weight excluding hydrogens is 358 g/mol. The van der Waals surface area contributed by atoms with Gasteiger partial charge in [0.25, 0.3) is 0 Å². The minimum atomic E-state index is -0.886. The van der Waals surface area contributed by atoms with Crippen molar-refractivity contribution in [3.8, 4) is 17.0 Å². The number of hydrogen-bond donors (Lipinski definition) is 3. The molecule has 2 aliphatic rings. The van der Waals surface area contributed by atoms with Gasteiger partial charge in [-0.25, -0.2) is 10.0 Å². The van der Waals surface area contributed by atoms with Crippen LogP contribution in [-0.4, -0.2) is 46.0 Å². The zero-order valence-electron chi connectivity index (χ0n) is 15.4. The van der Waals surface area contributed by atoms with Crippen molar-refractivity contribution in [2.45, 2.75) is 12.6 Å². The molecule has 1 unspecified atom stereocenters. The molecule has 8 nitrogen and oxygen atoms in total. The van der Waals surface area contributed by atoms with Gasteiger partial charge in [-0.15, -0.1) is 0 Å². The first-order valence-corrected chi connectivity index (χ1v) is 8.90. The smallest absolute Gasteiger partial charge is 0.323 e. The van der Waals surface area contributed by atoms with Crippen LogP contribution in [0.1, 0.15) is 11.6 Å². The Morgan fingerprint density at radius 2 is 2.21 bits per heavy atom. The molecule has 4 heterocycles. The number of methoxy groups -OCH3 is 1. The van der Waals surface area contributed by atoms with E-state index in [1.165, 1.54) is 0 Å². The van der Waals surface area contributed by atoms with Crippen molar-refractivity contribution in [2.24, 2.45) is 4.99 Å². The highest BCUT2D eigenvalue weighted by atomic mass is 16.5. The van der Waals surface area contributed by atoms with Gasteiger partial charge in [-0.05, 0) is 24.3 Å². The highest BCUT2D eigenvalue weighted by Crippen LogP contribution is 2.42. The molecule has 0 bridgehead atoms. The van der Waals surface area contributed by atoms with Gasteiger partial charge < -0.3 is 24.8 Å². The zero-order chi connectivity index (χ0) is 19.4. The number of aromatic nitrogens is 2. The monoisotopic (exact) mass is 377 g/mol. The normalized spacial score (nSPS) is 17.9. The lowest BCUT2D eigenvalue weighted by molar-refractivity contribution is -0.137. The van der Waals surface area contributed by atoms with Crippen LogP contribution in [0, 0.1) is 0 Å². The minimum absolute atomic E-state index is 0.0967. The number of aliphatic imine (C=N–C) groups is 1. The average molecular weight is 377 g/mol. The maximum Gasteiger partial charge on any atom is 0.323 e. The summed E-state index contributed by atoms with van der Waals surface area (Å²) in [5.74, 6) is 0.652. The first-order valence-electron chi connectivity index (χ1n) is 8.90. The molecule has 0 radical (unpaired) electrons. The Morgan fingerprint density at radius 1 is 1.36 bits per heavy atom. The van der Waals surface area contributed by atoms with Gasteiger partial charge in [-0.1, -0.05) is 0 Å². The molecule has 142 valence electrons. The van der Waals surface area contributed by atoms with E-state index in [2.05, 4.69) is 21.5 Å². The zero-order valence-corrected chi connectivity index (χ0v) is 15.4. The summed E-state index contributed by atoms with van der Waals surface area (Å²) in [6.07, 6.45) is 5.68. The van der Waals surface area contributed by atoms with Crippen molar-refractivity contribution >= 4 is 28.9 Å². The fourth-order valence-electron chi connectivity index (χ4n) is 4.00. The molecule has 5 rings (SSSR count). The van der Waals surface area contributed by atoms with Crippen LogP contribution in [0.2, 0.25) is 0 Å². The van der Waals surface area contributed by atoms with Crippen LogP contribution in [0.3, 0.4) is 0 Å². The van der Waals surface area contributed by atoms with E-state index in [9.17, 15) is 9.90 Å². The van der Waals surface area contributed by atoms with Crippen molar-refractivity contribution in [2.75, 3.05) is 14.2 Å². The van der Waals surface area contributed by atoms with Crippen LogP contribution in [0.25, 0.3) is 22.2 Å². The highest BCUT2D eigenvalue weighted by Gasteiger charge is 2.32. The Hall–Kier alpha value is -3.52. The summed E-state index contributed by atoms with van der Waals surface area (Å²) in [5, 5.41) is 12.2. The third kappa shape index (κ3) is 2.42. The second-order valence-electron chi connectivity index (χ2n) is 6.98. The number of nitrogens with one attached hydrogen (secondary N) is 2. The molecule has 0 saturated carbocycles. The average Bonchev–Trinajstić information content (AvgIpc) is 3.36. The molecular formula is C20H19N5O3. The van der Waals surface area contributed by atoms with E-state index >= 15 is 0 Å². The number of hydrogen-bond acceptors (Lipinski definition) is 5.